The van der Waals surface area contributed by atoms with E-state index in [0.29, 0.717) is 16.6 Å². The summed E-state index contributed by atoms with van der Waals surface area (Å²) in [6, 6.07) is 8.22. The Bertz CT molecular complexity index is 873. The number of imidazole rings is 1. The average Bonchev–Trinajstić information content (AvgIpc) is 3.29. The molecule has 2 aromatic heterocycles. The molecule has 28 heavy (non-hydrogen) atoms. The molecule has 0 saturated heterocycles. The normalized spacial score (nSPS) is 12.8. The van der Waals surface area contributed by atoms with E-state index in [0.717, 1.165) is 47.5 Å². The van der Waals surface area contributed by atoms with Crippen molar-refractivity contribution < 1.29 is 8.84 Å². The predicted octanol–water partition coefficient (Wildman–Crippen LogP) is 6.95. The second-order valence-electron chi connectivity index (χ2n) is 8.69. The fourth-order valence-electron chi connectivity index (χ4n) is 4.75. The number of nitrogens with zero attached hydrogens (tertiary/aromatic N) is 1. The van der Waals surface area contributed by atoms with Gasteiger partial charge in [0.2, 0.25) is 0 Å². The number of aromatic amines is 1. The number of hydrogen-bond acceptors (Lipinski definition) is 3. The first-order valence-electron chi connectivity index (χ1n) is 10.5. The van der Waals surface area contributed by atoms with Gasteiger partial charge in [-0.2, -0.15) is 0 Å². The Morgan fingerprint density at radius 3 is 2.43 bits per heavy atom. The zero-order valence-corrected chi connectivity index (χ0v) is 19.1. The molecule has 5 heteroatoms. The minimum Gasteiger partial charge on any atom is -0.464 e. The average molecular weight is 399 g/mol. The fourth-order valence-corrected chi connectivity index (χ4v) is 10.2. The Kier molecular flexibility index (Phi) is 6.46. The summed E-state index contributed by atoms with van der Waals surface area (Å²) in [6.07, 6.45) is 5.53. The number of nitrogens with one attached hydrogen (secondary N) is 1. The zero-order valence-electron chi connectivity index (χ0n) is 18.1. The van der Waals surface area contributed by atoms with E-state index < -0.39 is 8.32 Å². The molecule has 3 aromatic rings. The molecule has 2 heterocycles. The molecule has 0 saturated carbocycles. The summed E-state index contributed by atoms with van der Waals surface area (Å²) >= 11 is 0. The second-order valence-corrected chi connectivity index (χ2v) is 14.1. The smallest absolute Gasteiger partial charge is 0.200 e. The SMILES string of the molecule is CC(C)[Si](OCCCc1ncc(-c2ccc3ccoc3c2)[nH]1)(C(C)C)C(C)C. The van der Waals surface area contributed by atoms with Gasteiger partial charge in [0.05, 0.1) is 18.2 Å². The fraction of sp³-hybridized carbons (Fsp3) is 0.522. The first-order chi connectivity index (χ1) is 13.3. The van der Waals surface area contributed by atoms with Gasteiger partial charge in [-0.05, 0) is 35.2 Å². The molecule has 0 fully saturated rings. The van der Waals surface area contributed by atoms with Crippen LogP contribution in [0.5, 0.6) is 0 Å². The minimum atomic E-state index is -1.77. The maximum Gasteiger partial charge on any atom is 0.200 e. The first kappa shape index (κ1) is 20.9. The van der Waals surface area contributed by atoms with E-state index in [1.807, 2.05) is 12.3 Å². The molecule has 0 radical (unpaired) electrons. The summed E-state index contributed by atoms with van der Waals surface area (Å²) in [4.78, 5) is 8.02. The number of H-pyrrole nitrogens is 1. The lowest BCUT2D eigenvalue weighted by atomic mass is 10.1. The maximum absolute atomic E-state index is 6.65. The van der Waals surface area contributed by atoms with Gasteiger partial charge in [-0.1, -0.05) is 53.7 Å². The topological polar surface area (TPSA) is 51.1 Å². The molecule has 1 N–H and O–H groups in total. The molecule has 4 nitrogen and oxygen atoms in total. The Morgan fingerprint density at radius 2 is 1.75 bits per heavy atom. The first-order valence-corrected chi connectivity index (χ1v) is 12.6. The van der Waals surface area contributed by atoms with E-state index in [1.54, 1.807) is 6.26 Å². The number of aromatic nitrogens is 2. The van der Waals surface area contributed by atoms with Crippen LogP contribution in [0.2, 0.25) is 16.6 Å². The molecule has 0 aliphatic carbocycles. The van der Waals surface area contributed by atoms with Crippen LogP contribution < -0.4 is 0 Å². The van der Waals surface area contributed by atoms with Crippen molar-refractivity contribution in [2.75, 3.05) is 6.61 Å². The van der Waals surface area contributed by atoms with Crippen LogP contribution >= 0.6 is 0 Å². The highest BCUT2D eigenvalue weighted by Crippen LogP contribution is 2.42. The summed E-state index contributed by atoms with van der Waals surface area (Å²) in [5.74, 6) is 1.02. The molecule has 152 valence electrons. The second kappa shape index (κ2) is 8.66. The molecule has 3 rings (SSSR count). The largest absolute Gasteiger partial charge is 0.464 e. The quantitative estimate of drug-likeness (QED) is 0.313. The summed E-state index contributed by atoms with van der Waals surface area (Å²) < 4.78 is 12.2. The summed E-state index contributed by atoms with van der Waals surface area (Å²) in [7, 11) is -1.77. The predicted molar refractivity (Wildman–Crippen MR) is 119 cm³/mol. The maximum atomic E-state index is 6.65. The van der Waals surface area contributed by atoms with Crippen molar-refractivity contribution in [3.8, 4) is 11.3 Å². The zero-order chi connectivity index (χ0) is 20.3. The van der Waals surface area contributed by atoms with Crippen molar-refractivity contribution in [3.63, 3.8) is 0 Å². The minimum absolute atomic E-state index is 0.624. The van der Waals surface area contributed by atoms with E-state index >= 15 is 0 Å². The molecule has 0 unspecified atom stereocenters. The third kappa shape index (κ3) is 4.10. The van der Waals surface area contributed by atoms with Gasteiger partial charge in [-0.25, -0.2) is 4.98 Å². The molecular formula is C23H34N2O2Si. The third-order valence-corrected chi connectivity index (χ3v) is 12.1. The van der Waals surface area contributed by atoms with Gasteiger partial charge < -0.3 is 13.8 Å². The monoisotopic (exact) mass is 398 g/mol. The lowest BCUT2D eigenvalue weighted by Gasteiger charge is -2.42. The van der Waals surface area contributed by atoms with Gasteiger partial charge in [-0.15, -0.1) is 0 Å². The van der Waals surface area contributed by atoms with Crippen LogP contribution in [0.3, 0.4) is 0 Å². The molecule has 0 amide bonds. The lowest BCUT2D eigenvalue weighted by molar-refractivity contribution is 0.272. The number of rotatable bonds is 9. The van der Waals surface area contributed by atoms with Crippen LogP contribution in [0.15, 0.2) is 41.1 Å². The summed E-state index contributed by atoms with van der Waals surface area (Å²) in [5.41, 5.74) is 4.91. The number of aryl methyl sites for hydroxylation is 1. The van der Waals surface area contributed by atoms with Gasteiger partial charge in [0.1, 0.15) is 11.4 Å². The highest BCUT2D eigenvalue weighted by molar-refractivity contribution is 6.77. The Balaban J connectivity index is 1.60. The highest BCUT2D eigenvalue weighted by atomic mass is 28.4. The van der Waals surface area contributed by atoms with E-state index in [4.69, 9.17) is 8.84 Å². The summed E-state index contributed by atoms with van der Waals surface area (Å²) in [6.45, 7) is 14.8. The molecule has 1 aromatic carbocycles. The van der Waals surface area contributed by atoms with Crippen LogP contribution in [0.25, 0.3) is 22.2 Å². The van der Waals surface area contributed by atoms with E-state index in [-0.39, 0.29) is 0 Å². The number of furan rings is 1. The van der Waals surface area contributed by atoms with Gasteiger partial charge in [-0.3, -0.25) is 0 Å². The van der Waals surface area contributed by atoms with Crippen molar-refractivity contribution in [2.24, 2.45) is 0 Å². The van der Waals surface area contributed by atoms with Gasteiger partial charge in [0.25, 0.3) is 0 Å². The van der Waals surface area contributed by atoms with Crippen LogP contribution in [-0.2, 0) is 10.8 Å². The lowest BCUT2D eigenvalue weighted by Crippen LogP contribution is -2.48. The van der Waals surface area contributed by atoms with Crippen LogP contribution in [0, 0.1) is 0 Å². The van der Waals surface area contributed by atoms with Crippen molar-refractivity contribution >= 4 is 19.3 Å². The van der Waals surface area contributed by atoms with E-state index in [1.165, 1.54) is 0 Å². The molecular weight excluding hydrogens is 364 g/mol. The summed E-state index contributed by atoms with van der Waals surface area (Å²) in [5, 5.41) is 1.12. The van der Waals surface area contributed by atoms with Gasteiger partial charge in [0, 0.05) is 24.0 Å². The molecule has 0 aliphatic heterocycles. The standard InChI is InChI=1S/C23H34N2O2Si/c1-16(2)28(17(3)4,18(5)6)27-12-7-8-23-24-15-21(25-23)20-10-9-19-11-13-26-22(19)14-20/h9-11,13-18H,7-8,12H2,1-6H3,(H,24,25). The highest BCUT2D eigenvalue weighted by Gasteiger charge is 2.44. The van der Waals surface area contributed by atoms with Crippen molar-refractivity contribution in [3.05, 3.63) is 42.5 Å². The number of fused-ring (bicyclic) bond motifs is 1. The van der Waals surface area contributed by atoms with Gasteiger partial charge in [0.15, 0.2) is 8.32 Å². The third-order valence-electron chi connectivity index (χ3n) is 6.01. The van der Waals surface area contributed by atoms with Crippen molar-refractivity contribution in [2.45, 2.75) is 71.0 Å². The van der Waals surface area contributed by atoms with Crippen molar-refractivity contribution in [1.82, 2.24) is 9.97 Å². The number of benzene rings is 1. The van der Waals surface area contributed by atoms with E-state index in [2.05, 4.69) is 69.7 Å². The van der Waals surface area contributed by atoms with Crippen LogP contribution in [0.4, 0.5) is 0 Å². The Morgan fingerprint density at radius 1 is 1.04 bits per heavy atom. The van der Waals surface area contributed by atoms with Crippen LogP contribution in [0.1, 0.15) is 53.8 Å². The molecule has 0 bridgehead atoms. The number of hydrogen-bond donors (Lipinski definition) is 1. The van der Waals surface area contributed by atoms with Crippen LogP contribution in [-0.4, -0.2) is 24.9 Å². The van der Waals surface area contributed by atoms with Gasteiger partial charge >= 0.3 is 0 Å². The molecule has 0 spiro atoms. The Labute approximate surface area is 169 Å². The van der Waals surface area contributed by atoms with Crippen molar-refractivity contribution in [1.29, 1.82) is 0 Å². The molecule has 0 atom stereocenters. The van der Waals surface area contributed by atoms with E-state index in [9.17, 15) is 0 Å². The Hall–Kier alpha value is -1.85. The molecule has 0 aliphatic rings.